The Hall–Kier alpha value is -1.44. The van der Waals surface area contributed by atoms with E-state index < -0.39 is 6.04 Å². The molecule has 19 heavy (non-hydrogen) atoms. The molecule has 0 saturated carbocycles. The van der Waals surface area contributed by atoms with Gasteiger partial charge in [0.15, 0.2) is 0 Å². The van der Waals surface area contributed by atoms with Crippen molar-refractivity contribution in [2.24, 2.45) is 5.73 Å². The van der Waals surface area contributed by atoms with E-state index in [0.717, 1.165) is 4.88 Å². The summed E-state index contributed by atoms with van der Waals surface area (Å²) in [6.07, 6.45) is 0.229. The van der Waals surface area contributed by atoms with Crippen molar-refractivity contribution in [1.82, 2.24) is 10.6 Å². The molecule has 0 aliphatic heterocycles. The van der Waals surface area contributed by atoms with Gasteiger partial charge < -0.3 is 21.1 Å². The Labute approximate surface area is 116 Å². The Morgan fingerprint density at radius 2 is 2.21 bits per heavy atom. The normalized spacial score (nSPS) is 11.9. The molecule has 2 amide bonds. The lowest BCUT2D eigenvalue weighted by Gasteiger charge is -2.10. The van der Waals surface area contributed by atoms with Crippen molar-refractivity contribution in [3.63, 3.8) is 0 Å². The summed E-state index contributed by atoms with van der Waals surface area (Å²) in [6, 6.07) is 2.99. The molecule has 0 saturated heterocycles. The lowest BCUT2D eigenvalue weighted by atomic mass is 10.2. The number of carbonyl (C=O) groups excluding carboxylic acids is 2. The van der Waals surface area contributed by atoms with Crippen molar-refractivity contribution in [2.45, 2.75) is 12.5 Å². The molecule has 0 radical (unpaired) electrons. The minimum absolute atomic E-state index is 0.123. The van der Waals surface area contributed by atoms with Gasteiger partial charge in [0.25, 0.3) is 0 Å². The third-order valence-corrected chi connectivity index (χ3v) is 3.37. The zero-order valence-corrected chi connectivity index (χ0v) is 11.7. The van der Waals surface area contributed by atoms with Gasteiger partial charge in [0.05, 0.1) is 6.61 Å². The molecular weight excluding hydrogens is 266 g/mol. The summed E-state index contributed by atoms with van der Waals surface area (Å²) < 4.78 is 4.81. The predicted octanol–water partition coefficient (Wildman–Crippen LogP) is 0.0168. The van der Waals surface area contributed by atoms with Crippen molar-refractivity contribution in [3.8, 4) is 0 Å². The van der Waals surface area contributed by atoms with Crippen molar-refractivity contribution >= 4 is 23.2 Å². The highest BCUT2D eigenvalue weighted by atomic mass is 32.1. The molecule has 0 aliphatic rings. The number of thiophene rings is 1. The summed E-state index contributed by atoms with van der Waals surface area (Å²) in [6.45, 7) is 1.22. The predicted molar refractivity (Wildman–Crippen MR) is 73.8 cm³/mol. The van der Waals surface area contributed by atoms with E-state index in [1.165, 1.54) is 11.3 Å². The largest absolute Gasteiger partial charge is 0.383 e. The molecule has 0 spiro atoms. The lowest BCUT2D eigenvalue weighted by molar-refractivity contribution is -0.123. The van der Waals surface area contributed by atoms with Gasteiger partial charge in [-0.3, -0.25) is 9.59 Å². The first-order valence-electron chi connectivity index (χ1n) is 5.97. The van der Waals surface area contributed by atoms with Crippen LogP contribution in [0.5, 0.6) is 0 Å². The molecule has 0 aliphatic carbocycles. The Balaban J connectivity index is 2.18. The zero-order chi connectivity index (χ0) is 14.1. The molecule has 0 bridgehead atoms. The van der Waals surface area contributed by atoms with E-state index in [0.29, 0.717) is 13.2 Å². The number of nitrogens with two attached hydrogens (primary N) is 1. The minimum atomic E-state index is -0.670. The Morgan fingerprint density at radius 1 is 1.42 bits per heavy atom. The molecule has 6 nitrogen and oxygen atoms in total. The standard InChI is InChI=1S/C12H19N3O3S/c1-18-7-6-14-10(16)4-5-15-12(17)11(13)9-3-2-8-19-9/h2-3,8,11H,4-7,13H2,1H3,(H,14,16)(H,15,17). The summed E-state index contributed by atoms with van der Waals surface area (Å²) in [5.41, 5.74) is 5.78. The van der Waals surface area contributed by atoms with E-state index in [4.69, 9.17) is 10.5 Å². The molecule has 4 N–H and O–H groups in total. The Kier molecular flexibility index (Phi) is 7.09. The van der Waals surface area contributed by atoms with Crippen LogP contribution in [0.25, 0.3) is 0 Å². The second-order valence-electron chi connectivity index (χ2n) is 3.88. The Bertz CT molecular complexity index is 395. The number of hydrogen-bond donors (Lipinski definition) is 3. The number of carbonyl (C=O) groups is 2. The number of nitrogens with one attached hydrogen (secondary N) is 2. The van der Waals surface area contributed by atoms with Gasteiger partial charge in [-0.25, -0.2) is 0 Å². The highest BCUT2D eigenvalue weighted by molar-refractivity contribution is 7.10. The van der Waals surface area contributed by atoms with Gasteiger partial charge in [-0.2, -0.15) is 0 Å². The van der Waals surface area contributed by atoms with E-state index >= 15 is 0 Å². The quantitative estimate of drug-likeness (QED) is 0.587. The molecule has 0 fully saturated rings. The number of methoxy groups -OCH3 is 1. The van der Waals surface area contributed by atoms with Crippen LogP contribution >= 0.6 is 11.3 Å². The summed E-state index contributed by atoms with van der Waals surface area (Å²) in [5, 5.41) is 7.18. The molecule has 1 unspecified atom stereocenters. The van der Waals surface area contributed by atoms with Gasteiger partial charge in [0, 0.05) is 31.5 Å². The molecule has 1 rings (SSSR count). The molecule has 1 heterocycles. The zero-order valence-electron chi connectivity index (χ0n) is 10.8. The smallest absolute Gasteiger partial charge is 0.242 e. The average molecular weight is 285 g/mol. The number of rotatable bonds is 8. The van der Waals surface area contributed by atoms with E-state index in [2.05, 4.69) is 10.6 Å². The second kappa shape index (κ2) is 8.63. The third-order valence-electron chi connectivity index (χ3n) is 2.41. The number of ether oxygens (including phenoxy) is 1. The van der Waals surface area contributed by atoms with Gasteiger partial charge in [-0.1, -0.05) is 6.07 Å². The molecule has 106 valence electrons. The van der Waals surface area contributed by atoms with E-state index in [9.17, 15) is 9.59 Å². The number of hydrogen-bond acceptors (Lipinski definition) is 5. The second-order valence-corrected chi connectivity index (χ2v) is 4.86. The van der Waals surface area contributed by atoms with Gasteiger partial charge in [0.1, 0.15) is 6.04 Å². The molecule has 7 heteroatoms. The van der Waals surface area contributed by atoms with Crippen LogP contribution in [0.1, 0.15) is 17.3 Å². The van der Waals surface area contributed by atoms with Crippen LogP contribution in [0.15, 0.2) is 17.5 Å². The van der Waals surface area contributed by atoms with Gasteiger partial charge in [-0.15, -0.1) is 11.3 Å². The van der Waals surface area contributed by atoms with Gasteiger partial charge in [0.2, 0.25) is 11.8 Å². The van der Waals surface area contributed by atoms with Crippen LogP contribution in [0.4, 0.5) is 0 Å². The van der Waals surface area contributed by atoms with Crippen molar-refractivity contribution < 1.29 is 14.3 Å². The van der Waals surface area contributed by atoms with E-state index in [1.54, 1.807) is 7.11 Å². The van der Waals surface area contributed by atoms with Crippen LogP contribution in [0.3, 0.4) is 0 Å². The maximum absolute atomic E-state index is 11.7. The number of amides is 2. The van der Waals surface area contributed by atoms with Crippen LogP contribution < -0.4 is 16.4 Å². The monoisotopic (exact) mass is 285 g/mol. The summed E-state index contributed by atoms with van der Waals surface area (Å²) in [4.78, 5) is 23.9. The summed E-state index contributed by atoms with van der Waals surface area (Å²) in [5.74, 6) is -0.394. The maximum atomic E-state index is 11.7. The summed E-state index contributed by atoms with van der Waals surface area (Å²) in [7, 11) is 1.57. The first-order chi connectivity index (χ1) is 9.15. The van der Waals surface area contributed by atoms with Crippen LogP contribution in [0.2, 0.25) is 0 Å². The molecule has 1 aromatic rings. The molecular formula is C12H19N3O3S. The third kappa shape index (κ3) is 5.82. The maximum Gasteiger partial charge on any atom is 0.242 e. The molecule has 1 aromatic heterocycles. The first kappa shape index (κ1) is 15.6. The minimum Gasteiger partial charge on any atom is -0.383 e. The van der Waals surface area contributed by atoms with Crippen molar-refractivity contribution in [1.29, 1.82) is 0 Å². The van der Waals surface area contributed by atoms with Crippen molar-refractivity contribution in [3.05, 3.63) is 22.4 Å². The van der Waals surface area contributed by atoms with Crippen LogP contribution in [0, 0.1) is 0 Å². The van der Waals surface area contributed by atoms with Crippen molar-refractivity contribution in [2.75, 3.05) is 26.8 Å². The fourth-order valence-corrected chi connectivity index (χ4v) is 2.11. The average Bonchev–Trinajstić information content (AvgIpc) is 2.92. The summed E-state index contributed by atoms with van der Waals surface area (Å²) >= 11 is 1.43. The van der Waals surface area contributed by atoms with Crippen LogP contribution in [-0.4, -0.2) is 38.6 Å². The Morgan fingerprint density at radius 3 is 2.84 bits per heavy atom. The SMILES string of the molecule is COCCNC(=O)CCNC(=O)C(N)c1cccs1. The fraction of sp³-hybridized carbons (Fsp3) is 0.500. The van der Waals surface area contributed by atoms with E-state index in [-0.39, 0.29) is 24.8 Å². The molecule has 0 aromatic carbocycles. The fourth-order valence-electron chi connectivity index (χ4n) is 1.39. The topological polar surface area (TPSA) is 93.5 Å². The van der Waals surface area contributed by atoms with Crippen LogP contribution in [-0.2, 0) is 14.3 Å². The highest BCUT2D eigenvalue weighted by Gasteiger charge is 2.16. The van der Waals surface area contributed by atoms with Gasteiger partial charge in [-0.05, 0) is 11.4 Å². The first-order valence-corrected chi connectivity index (χ1v) is 6.85. The lowest BCUT2D eigenvalue weighted by Crippen LogP contribution is -2.36. The highest BCUT2D eigenvalue weighted by Crippen LogP contribution is 2.16. The molecule has 1 atom stereocenters. The van der Waals surface area contributed by atoms with E-state index in [1.807, 2.05) is 17.5 Å². The van der Waals surface area contributed by atoms with Gasteiger partial charge >= 0.3 is 0 Å².